The molecule has 2 heterocycles. The van der Waals surface area contributed by atoms with E-state index in [0.717, 1.165) is 12.2 Å². The third kappa shape index (κ3) is 1.90. The molecule has 0 spiro atoms. The third-order valence-corrected chi connectivity index (χ3v) is 4.15. The zero-order valence-electron chi connectivity index (χ0n) is 9.07. The van der Waals surface area contributed by atoms with E-state index in [1.807, 2.05) is 17.4 Å². The molecule has 16 heavy (non-hydrogen) atoms. The highest BCUT2D eigenvalue weighted by Crippen LogP contribution is 2.33. The molecule has 1 unspecified atom stereocenters. The van der Waals surface area contributed by atoms with Crippen LogP contribution in [0.25, 0.3) is 0 Å². The van der Waals surface area contributed by atoms with Crippen LogP contribution >= 0.6 is 11.3 Å². The molecule has 0 saturated carbocycles. The van der Waals surface area contributed by atoms with Crippen LogP contribution in [0.5, 0.6) is 0 Å². The van der Waals surface area contributed by atoms with Gasteiger partial charge in [0.15, 0.2) is 0 Å². The monoisotopic (exact) mass is 233 g/mol. The van der Waals surface area contributed by atoms with Crippen molar-refractivity contribution in [2.45, 2.75) is 31.8 Å². The molecule has 1 aliphatic rings. The van der Waals surface area contributed by atoms with E-state index in [0.29, 0.717) is 6.04 Å². The molecule has 84 valence electrons. The number of thiophene rings is 1. The van der Waals surface area contributed by atoms with Crippen molar-refractivity contribution in [3.8, 4) is 0 Å². The number of rotatable bonds is 3. The molecule has 0 fully saturated rings. The summed E-state index contributed by atoms with van der Waals surface area (Å²) in [6, 6.07) is 4.81. The van der Waals surface area contributed by atoms with E-state index < -0.39 is 0 Å². The SMILES string of the molecule is c1cc(CNC2CCCc3sccc32)[nH]n1. The predicted octanol–water partition coefficient (Wildman–Crippen LogP) is 2.64. The van der Waals surface area contributed by atoms with E-state index in [1.54, 1.807) is 11.1 Å². The van der Waals surface area contributed by atoms with E-state index in [9.17, 15) is 0 Å². The first-order valence-electron chi connectivity index (χ1n) is 5.71. The molecule has 1 aliphatic carbocycles. The Hall–Kier alpha value is -1.13. The number of hydrogen-bond donors (Lipinski definition) is 2. The lowest BCUT2D eigenvalue weighted by Gasteiger charge is -2.23. The first kappa shape index (κ1) is 10.1. The van der Waals surface area contributed by atoms with Crippen LogP contribution < -0.4 is 5.32 Å². The molecule has 3 rings (SSSR count). The Labute approximate surface area is 98.9 Å². The summed E-state index contributed by atoms with van der Waals surface area (Å²) in [5, 5.41) is 12.8. The van der Waals surface area contributed by atoms with Crippen LogP contribution in [0.15, 0.2) is 23.7 Å². The number of nitrogens with zero attached hydrogens (tertiary/aromatic N) is 1. The lowest BCUT2D eigenvalue weighted by atomic mass is 9.94. The maximum atomic E-state index is 3.96. The molecule has 2 aromatic heterocycles. The number of fused-ring (bicyclic) bond motifs is 1. The van der Waals surface area contributed by atoms with Gasteiger partial charge >= 0.3 is 0 Å². The van der Waals surface area contributed by atoms with Gasteiger partial charge in [-0.2, -0.15) is 5.10 Å². The fourth-order valence-electron chi connectivity index (χ4n) is 2.31. The quantitative estimate of drug-likeness (QED) is 0.855. The van der Waals surface area contributed by atoms with Gasteiger partial charge in [-0.25, -0.2) is 0 Å². The van der Waals surface area contributed by atoms with Crippen LogP contribution in [0.3, 0.4) is 0 Å². The minimum absolute atomic E-state index is 0.526. The van der Waals surface area contributed by atoms with E-state index >= 15 is 0 Å². The summed E-state index contributed by atoms with van der Waals surface area (Å²) in [4.78, 5) is 1.56. The zero-order chi connectivity index (χ0) is 10.8. The van der Waals surface area contributed by atoms with Crippen LogP contribution in [-0.2, 0) is 13.0 Å². The molecule has 2 aromatic rings. The van der Waals surface area contributed by atoms with Crippen LogP contribution in [0.2, 0.25) is 0 Å². The summed E-state index contributed by atoms with van der Waals surface area (Å²) >= 11 is 1.89. The van der Waals surface area contributed by atoms with Crippen molar-refractivity contribution in [1.82, 2.24) is 15.5 Å². The lowest BCUT2D eigenvalue weighted by molar-refractivity contribution is 0.460. The van der Waals surface area contributed by atoms with Crippen molar-refractivity contribution >= 4 is 11.3 Å². The summed E-state index contributed by atoms with van der Waals surface area (Å²) in [6.45, 7) is 0.875. The molecule has 0 aromatic carbocycles. The second-order valence-corrected chi connectivity index (χ2v) is 5.21. The van der Waals surface area contributed by atoms with Crippen molar-refractivity contribution < 1.29 is 0 Å². The highest BCUT2D eigenvalue weighted by atomic mass is 32.1. The largest absolute Gasteiger partial charge is 0.304 e. The van der Waals surface area contributed by atoms with Gasteiger partial charge in [0.25, 0.3) is 0 Å². The van der Waals surface area contributed by atoms with Crippen LogP contribution in [0.4, 0.5) is 0 Å². The molecule has 0 radical (unpaired) electrons. The van der Waals surface area contributed by atoms with Gasteiger partial charge in [-0.1, -0.05) is 0 Å². The molecule has 3 nitrogen and oxygen atoms in total. The first-order chi connectivity index (χ1) is 7.93. The standard InChI is InChI=1S/C12H15N3S/c1-2-11(10-5-7-16-12(10)3-1)13-8-9-4-6-14-15-9/h4-7,11,13H,1-3,8H2,(H,14,15). The van der Waals surface area contributed by atoms with Crippen LogP contribution in [0.1, 0.15) is 35.0 Å². The molecular weight excluding hydrogens is 218 g/mol. The minimum Gasteiger partial charge on any atom is -0.304 e. The van der Waals surface area contributed by atoms with E-state index in [4.69, 9.17) is 0 Å². The first-order valence-corrected chi connectivity index (χ1v) is 6.59. The maximum absolute atomic E-state index is 3.96. The van der Waals surface area contributed by atoms with Gasteiger partial charge in [0.2, 0.25) is 0 Å². The molecule has 0 saturated heterocycles. The Bertz CT molecular complexity index is 447. The smallest absolute Gasteiger partial charge is 0.0490 e. The number of hydrogen-bond acceptors (Lipinski definition) is 3. The average molecular weight is 233 g/mol. The van der Waals surface area contributed by atoms with Gasteiger partial charge in [0.1, 0.15) is 0 Å². The van der Waals surface area contributed by atoms with E-state index in [-0.39, 0.29) is 0 Å². The molecule has 0 aliphatic heterocycles. The lowest BCUT2D eigenvalue weighted by Crippen LogP contribution is -2.24. The number of aromatic nitrogens is 2. The Kier molecular flexibility index (Phi) is 2.76. The Balaban J connectivity index is 1.69. The topological polar surface area (TPSA) is 40.7 Å². The molecule has 4 heteroatoms. The predicted molar refractivity (Wildman–Crippen MR) is 65.4 cm³/mol. The summed E-state index contributed by atoms with van der Waals surface area (Å²) in [5.41, 5.74) is 2.66. The second kappa shape index (κ2) is 4.39. The third-order valence-electron chi connectivity index (χ3n) is 3.15. The normalized spacial score (nSPS) is 19.6. The van der Waals surface area contributed by atoms with Gasteiger partial charge in [-0.05, 0) is 42.3 Å². The minimum atomic E-state index is 0.526. The van der Waals surface area contributed by atoms with Crippen LogP contribution in [-0.4, -0.2) is 10.2 Å². The van der Waals surface area contributed by atoms with Gasteiger partial charge in [0.05, 0.1) is 0 Å². The number of H-pyrrole nitrogens is 1. The van der Waals surface area contributed by atoms with Crippen molar-refractivity contribution in [2.75, 3.05) is 0 Å². The summed E-state index contributed by atoms with van der Waals surface area (Å²) in [6.07, 6.45) is 5.61. The maximum Gasteiger partial charge on any atom is 0.0490 e. The Morgan fingerprint density at radius 2 is 2.50 bits per heavy atom. The fraction of sp³-hybridized carbons (Fsp3) is 0.417. The van der Waals surface area contributed by atoms with Gasteiger partial charge < -0.3 is 5.32 Å². The van der Waals surface area contributed by atoms with Crippen molar-refractivity contribution in [2.24, 2.45) is 0 Å². The second-order valence-electron chi connectivity index (χ2n) is 4.21. The van der Waals surface area contributed by atoms with E-state index in [1.165, 1.54) is 24.8 Å². The average Bonchev–Trinajstić information content (AvgIpc) is 2.97. The van der Waals surface area contributed by atoms with Gasteiger partial charge in [-0.15, -0.1) is 11.3 Å². The zero-order valence-corrected chi connectivity index (χ0v) is 9.89. The number of aromatic amines is 1. The molecule has 2 N–H and O–H groups in total. The summed E-state index contributed by atoms with van der Waals surface area (Å²) in [5.74, 6) is 0. The highest BCUT2D eigenvalue weighted by molar-refractivity contribution is 7.10. The van der Waals surface area contributed by atoms with Crippen molar-refractivity contribution in [3.05, 3.63) is 39.8 Å². The Morgan fingerprint density at radius 1 is 1.50 bits per heavy atom. The summed E-state index contributed by atoms with van der Waals surface area (Å²) < 4.78 is 0. The molecule has 1 atom stereocenters. The van der Waals surface area contributed by atoms with Crippen molar-refractivity contribution in [3.63, 3.8) is 0 Å². The number of nitrogens with one attached hydrogen (secondary N) is 2. The molecule has 0 bridgehead atoms. The van der Waals surface area contributed by atoms with Gasteiger partial charge in [0, 0.05) is 29.4 Å². The highest BCUT2D eigenvalue weighted by Gasteiger charge is 2.20. The van der Waals surface area contributed by atoms with Crippen LogP contribution in [0, 0.1) is 0 Å². The molecule has 0 amide bonds. The Morgan fingerprint density at radius 3 is 3.38 bits per heavy atom. The molecular formula is C12H15N3S. The van der Waals surface area contributed by atoms with Crippen molar-refractivity contribution in [1.29, 1.82) is 0 Å². The van der Waals surface area contributed by atoms with E-state index in [2.05, 4.69) is 27.0 Å². The number of aryl methyl sites for hydroxylation is 1. The van der Waals surface area contributed by atoms with Gasteiger partial charge in [-0.3, -0.25) is 5.10 Å². The fourth-order valence-corrected chi connectivity index (χ4v) is 3.30. The summed E-state index contributed by atoms with van der Waals surface area (Å²) in [7, 11) is 0.